The molecule has 3 heteroatoms. The standard InChI is InChI=1S/C9H15N3/c1-7(11-8-3-4-8)9-5-10-6-12(9)2/h5-8,11H,3-4H2,1-2H3. The Labute approximate surface area is 72.8 Å². The van der Waals surface area contributed by atoms with Gasteiger partial charge in [-0.2, -0.15) is 0 Å². The Balaban J connectivity index is 2.02. The Morgan fingerprint density at radius 2 is 2.42 bits per heavy atom. The van der Waals surface area contributed by atoms with Gasteiger partial charge in [0.05, 0.1) is 12.0 Å². The summed E-state index contributed by atoms with van der Waals surface area (Å²) in [4.78, 5) is 4.09. The number of aryl methyl sites for hydroxylation is 1. The molecule has 3 nitrogen and oxygen atoms in total. The lowest BCUT2D eigenvalue weighted by Crippen LogP contribution is -2.22. The second-order valence-corrected chi connectivity index (χ2v) is 3.59. The van der Waals surface area contributed by atoms with E-state index < -0.39 is 0 Å². The molecular weight excluding hydrogens is 150 g/mol. The Morgan fingerprint density at radius 1 is 1.67 bits per heavy atom. The lowest BCUT2D eigenvalue weighted by Gasteiger charge is -2.13. The van der Waals surface area contributed by atoms with Crippen molar-refractivity contribution >= 4 is 0 Å². The molecule has 1 atom stereocenters. The minimum absolute atomic E-state index is 0.435. The molecule has 0 spiro atoms. The van der Waals surface area contributed by atoms with E-state index in [1.54, 1.807) is 0 Å². The van der Waals surface area contributed by atoms with Crippen LogP contribution in [0.1, 0.15) is 31.5 Å². The number of nitrogens with zero attached hydrogens (tertiary/aromatic N) is 2. The summed E-state index contributed by atoms with van der Waals surface area (Å²) in [6.45, 7) is 2.19. The van der Waals surface area contributed by atoms with Crippen LogP contribution in [0.4, 0.5) is 0 Å². The average Bonchev–Trinajstić information content (AvgIpc) is 2.72. The molecule has 0 bridgehead atoms. The minimum atomic E-state index is 0.435. The van der Waals surface area contributed by atoms with E-state index in [9.17, 15) is 0 Å². The fourth-order valence-electron chi connectivity index (χ4n) is 1.47. The fraction of sp³-hybridized carbons (Fsp3) is 0.667. The maximum atomic E-state index is 4.09. The highest BCUT2D eigenvalue weighted by Crippen LogP contribution is 2.23. The van der Waals surface area contributed by atoms with Gasteiger partial charge in [0.1, 0.15) is 0 Å². The molecule has 0 radical (unpaired) electrons. The van der Waals surface area contributed by atoms with E-state index in [1.807, 2.05) is 19.6 Å². The first-order chi connectivity index (χ1) is 5.77. The predicted molar refractivity (Wildman–Crippen MR) is 47.8 cm³/mol. The van der Waals surface area contributed by atoms with E-state index in [0.29, 0.717) is 6.04 Å². The fourth-order valence-corrected chi connectivity index (χ4v) is 1.47. The van der Waals surface area contributed by atoms with Gasteiger partial charge in [-0.3, -0.25) is 0 Å². The Hall–Kier alpha value is -0.830. The van der Waals surface area contributed by atoms with Crippen LogP contribution in [0.3, 0.4) is 0 Å². The maximum absolute atomic E-state index is 4.09. The predicted octanol–water partition coefficient (Wildman–Crippen LogP) is 1.23. The second-order valence-electron chi connectivity index (χ2n) is 3.59. The number of hydrogen-bond acceptors (Lipinski definition) is 2. The molecule has 1 aliphatic rings. The molecule has 0 amide bonds. The van der Waals surface area contributed by atoms with Gasteiger partial charge in [-0.05, 0) is 19.8 Å². The zero-order valence-electron chi connectivity index (χ0n) is 7.62. The van der Waals surface area contributed by atoms with E-state index in [-0.39, 0.29) is 0 Å². The summed E-state index contributed by atoms with van der Waals surface area (Å²) in [6, 6.07) is 1.19. The van der Waals surface area contributed by atoms with Gasteiger partial charge in [0.2, 0.25) is 0 Å². The summed E-state index contributed by atoms with van der Waals surface area (Å²) in [5.74, 6) is 0. The summed E-state index contributed by atoms with van der Waals surface area (Å²) in [6.07, 6.45) is 6.45. The van der Waals surface area contributed by atoms with Crippen LogP contribution in [-0.2, 0) is 7.05 Å². The molecule has 1 fully saturated rings. The zero-order valence-corrected chi connectivity index (χ0v) is 7.62. The van der Waals surface area contributed by atoms with Crippen LogP contribution >= 0.6 is 0 Å². The number of nitrogens with one attached hydrogen (secondary N) is 1. The lowest BCUT2D eigenvalue weighted by molar-refractivity contribution is 0.541. The van der Waals surface area contributed by atoms with Crippen molar-refractivity contribution in [2.75, 3.05) is 0 Å². The molecule has 1 aliphatic carbocycles. The van der Waals surface area contributed by atoms with E-state index >= 15 is 0 Å². The third-order valence-electron chi connectivity index (χ3n) is 2.36. The van der Waals surface area contributed by atoms with Crippen LogP contribution in [0.5, 0.6) is 0 Å². The van der Waals surface area contributed by atoms with Crippen LogP contribution in [-0.4, -0.2) is 15.6 Å². The molecule has 2 rings (SSSR count). The molecule has 1 unspecified atom stereocenters. The molecule has 1 heterocycles. The first-order valence-electron chi connectivity index (χ1n) is 4.49. The summed E-state index contributed by atoms with van der Waals surface area (Å²) in [5.41, 5.74) is 1.27. The van der Waals surface area contributed by atoms with Gasteiger partial charge >= 0.3 is 0 Å². The van der Waals surface area contributed by atoms with E-state index in [1.165, 1.54) is 18.5 Å². The maximum Gasteiger partial charge on any atom is 0.0946 e. The van der Waals surface area contributed by atoms with Crippen LogP contribution in [0.15, 0.2) is 12.5 Å². The topological polar surface area (TPSA) is 29.9 Å². The first-order valence-corrected chi connectivity index (χ1v) is 4.49. The largest absolute Gasteiger partial charge is 0.336 e. The highest BCUT2D eigenvalue weighted by molar-refractivity contribution is 5.04. The van der Waals surface area contributed by atoms with E-state index in [4.69, 9.17) is 0 Å². The molecular formula is C9H15N3. The van der Waals surface area contributed by atoms with Crippen molar-refractivity contribution in [3.8, 4) is 0 Å². The minimum Gasteiger partial charge on any atom is -0.336 e. The smallest absolute Gasteiger partial charge is 0.0946 e. The molecule has 1 saturated carbocycles. The third kappa shape index (κ3) is 1.50. The van der Waals surface area contributed by atoms with Gasteiger partial charge in [0.15, 0.2) is 0 Å². The number of imidazole rings is 1. The van der Waals surface area contributed by atoms with Crippen molar-refractivity contribution in [2.24, 2.45) is 7.05 Å². The van der Waals surface area contributed by atoms with Gasteiger partial charge in [0, 0.05) is 25.3 Å². The molecule has 0 aromatic carbocycles. The van der Waals surface area contributed by atoms with Gasteiger partial charge in [-0.1, -0.05) is 0 Å². The number of hydrogen-bond donors (Lipinski definition) is 1. The number of rotatable bonds is 3. The summed E-state index contributed by atoms with van der Waals surface area (Å²) in [7, 11) is 2.04. The Kier molecular flexibility index (Phi) is 1.89. The van der Waals surface area contributed by atoms with Crippen LogP contribution in [0.2, 0.25) is 0 Å². The third-order valence-corrected chi connectivity index (χ3v) is 2.36. The van der Waals surface area contributed by atoms with Gasteiger partial charge in [-0.15, -0.1) is 0 Å². The molecule has 1 aromatic heterocycles. The summed E-state index contributed by atoms with van der Waals surface area (Å²) >= 11 is 0. The van der Waals surface area contributed by atoms with Crippen molar-refractivity contribution in [1.29, 1.82) is 0 Å². The quantitative estimate of drug-likeness (QED) is 0.730. The van der Waals surface area contributed by atoms with Crippen molar-refractivity contribution < 1.29 is 0 Å². The highest BCUT2D eigenvalue weighted by Gasteiger charge is 2.23. The molecule has 1 aromatic rings. The summed E-state index contributed by atoms with van der Waals surface area (Å²) < 4.78 is 2.07. The van der Waals surface area contributed by atoms with Crippen molar-refractivity contribution in [1.82, 2.24) is 14.9 Å². The van der Waals surface area contributed by atoms with Gasteiger partial charge < -0.3 is 9.88 Å². The molecule has 0 saturated heterocycles. The SMILES string of the molecule is CC(NC1CC1)c1cncn1C. The first kappa shape index (κ1) is 7.80. The molecule has 1 N–H and O–H groups in total. The van der Waals surface area contributed by atoms with Crippen LogP contribution < -0.4 is 5.32 Å². The molecule has 12 heavy (non-hydrogen) atoms. The van der Waals surface area contributed by atoms with Gasteiger partial charge in [-0.25, -0.2) is 4.98 Å². The molecule has 0 aliphatic heterocycles. The Morgan fingerprint density at radius 3 is 2.92 bits per heavy atom. The second kappa shape index (κ2) is 2.90. The van der Waals surface area contributed by atoms with Crippen molar-refractivity contribution in [3.63, 3.8) is 0 Å². The average molecular weight is 165 g/mol. The Bertz CT molecular complexity index is 262. The van der Waals surface area contributed by atoms with Crippen molar-refractivity contribution in [3.05, 3.63) is 18.2 Å². The summed E-state index contributed by atoms with van der Waals surface area (Å²) in [5, 5.41) is 3.54. The monoisotopic (exact) mass is 165 g/mol. The van der Waals surface area contributed by atoms with E-state index in [2.05, 4.69) is 21.8 Å². The molecule has 66 valence electrons. The highest BCUT2D eigenvalue weighted by atomic mass is 15.1. The zero-order chi connectivity index (χ0) is 8.55. The van der Waals surface area contributed by atoms with Crippen LogP contribution in [0, 0.1) is 0 Å². The van der Waals surface area contributed by atoms with Gasteiger partial charge in [0.25, 0.3) is 0 Å². The number of aromatic nitrogens is 2. The van der Waals surface area contributed by atoms with E-state index in [0.717, 1.165) is 6.04 Å². The lowest BCUT2D eigenvalue weighted by atomic mass is 10.2. The van der Waals surface area contributed by atoms with Crippen LogP contribution in [0.25, 0.3) is 0 Å². The normalized spacial score (nSPS) is 19.5. The van der Waals surface area contributed by atoms with Crippen molar-refractivity contribution in [2.45, 2.75) is 31.8 Å².